The Kier molecular flexibility index (Phi) is 5.51. The number of alkyl halides is 3. The van der Waals surface area contributed by atoms with Gasteiger partial charge in [0.1, 0.15) is 0 Å². The summed E-state index contributed by atoms with van der Waals surface area (Å²) in [6.07, 6.45) is -4.39. The monoisotopic (exact) mass is 441 g/mol. The lowest BCUT2D eigenvalue weighted by Gasteiger charge is -2.23. The number of thiophene rings is 1. The molecule has 1 aromatic heterocycles. The minimum atomic E-state index is -4.39. The molecule has 0 spiro atoms. The molecular formula is C14H12Br2F3NS. The second-order valence-electron chi connectivity index (χ2n) is 4.40. The van der Waals surface area contributed by atoms with Crippen LogP contribution in [0.1, 0.15) is 29.7 Å². The molecule has 0 aliphatic carbocycles. The van der Waals surface area contributed by atoms with Crippen molar-refractivity contribution in [1.82, 2.24) is 5.32 Å². The first kappa shape index (κ1) is 17.0. The van der Waals surface area contributed by atoms with Gasteiger partial charge in [-0.15, -0.1) is 0 Å². The summed E-state index contributed by atoms with van der Waals surface area (Å²) in [7, 11) is 0. The molecule has 1 aromatic carbocycles. The summed E-state index contributed by atoms with van der Waals surface area (Å²) < 4.78 is 41.2. The van der Waals surface area contributed by atoms with Crippen LogP contribution >= 0.6 is 43.2 Å². The van der Waals surface area contributed by atoms with E-state index in [-0.39, 0.29) is 5.56 Å². The maximum absolute atomic E-state index is 13.3. The van der Waals surface area contributed by atoms with Gasteiger partial charge in [0, 0.05) is 14.3 Å². The van der Waals surface area contributed by atoms with Gasteiger partial charge in [-0.1, -0.05) is 28.9 Å². The van der Waals surface area contributed by atoms with E-state index in [0.29, 0.717) is 11.0 Å². The van der Waals surface area contributed by atoms with Gasteiger partial charge in [-0.2, -0.15) is 24.5 Å². The Morgan fingerprint density at radius 3 is 2.43 bits per heavy atom. The van der Waals surface area contributed by atoms with Crippen LogP contribution in [0.5, 0.6) is 0 Å². The van der Waals surface area contributed by atoms with Crippen LogP contribution in [-0.2, 0) is 6.18 Å². The molecule has 0 saturated heterocycles. The van der Waals surface area contributed by atoms with Crippen molar-refractivity contribution < 1.29 is 13.2 Å². The molecule has 2 aromatic rings. The van der Waals surface area contributed by atoms with Gasteiger partial charge in [0.2, 0.25) is 0 Å². The number of halogens is 5. The third kappa shape index (κ3) is 3.88. The first-order chi connectivity index (χ1) is 9.84. The molecule has 0 aliphatic heterocycles. The highest BCUT2D eigenvalue weighted by molar-refractivity contribution is 9.10. The maximum atomic E-state index is 13.3. The summed E-state index contributed by atoms with van der Waals surface area (Å²) in [6.45, 7) is 2.44. The van der Waals surface area contributed by atoms with E-state index in [1.54, 1.807) is 6.07 Å². The quantitative estimate of drug-likeness (QED) is 0.613. The second-order valence-corrected chi connectivity index (χ2v) is 6.91. The van der Waals surface area contributed by atoms with E-state index >= 15 is 0 Å². The molecule has 114 valence electrons. The molecule has 7 heteroatoms. The number of nitrogens with one attached hydrogen (secondary N) is 1. The molecule has 0 bridgehead atoms. The van der Waals surface area contributed by atoms with Gasteiger partial charge in [0.25, 0.3) is 0 Å². The number of benzene rings is 1. The fraction of sp³-hybridized carbons (Fsp3) is 0.286. The van der Waals surface area contributed by atoms with E-state index in [1.165, 1.54) is 17.4 Å². The molecule has 0 fully saturated rings. The smallest absolute Gasteiger partial charge is 0.306 e. The minimum Gasteiger partial charge on any atom is -0.306 e. The van der Waals surface area contributed by atoms with Crippen molar-refractivity contribution >= 4 is 43.2 Å². The van der Waals surface area contributed by atoms with Crippen molar-refractivity contribution in [2.24, 2.45) is 0 Å². The zero-order valence-corrected chi connectivity index (χ0v) is 15.0. The Hall–Kier alpha value is -0.370. The molecule has 0 radical (unpaired) electrons. The van der Waals surface area contributed by atoms with E-state index < -0.39 is 17.8 Å². The standard InChI is InChI=1S/C14H12Br2F3NS/c1-2-20-13(10-6-21-7-12(10)16)9-4-3-8(15)5-11(9)14(17,18)19/h3-7,13,20H,2H2,1H3. The van der Waals surface area contributed by atoms with E-state index in [9.17, 15) is 13.2 Å². The first-order valence-corrected chi connectivity index (χ1v) is 8.69. The van der Waals surface area contributed by atoms with Crippen LogP contribution in [0.25, 0.3) is 0 Å². The molecule has 0 saturated carbocycles. The highest BCUT2D eigenvalue weighted by Crippen LogP contribution is 2.40. The van der Waals surface area contributed by atoms with Gasteiger partial charge >= 0.3 is 6.18 Å². The lowest BCUT2D eigenvalue weighted by molar-refractivity contribution is -0.138. The lowest BCUT2D eigenvalue weighted by atomic mass is 9.95. The normalized spacial score (nSPS) is 13.4. The van der Waals surface area contributed by atoms with E-state index in [0.717, 1.165) is 16.1 Å². The molecule has 0 amide bonds. The molecule has 1 atom stereocenters. The van der Waals surface area contributed by atoms with Crippen LogP contribution in [0.15, 0.2) is 37.9 Å². The van der Waals surface area contributed by atoms with Gasteiger partial charge in [-0.25, -0.2) is 0 Å². The minimum absolute atomic E-state index is 0.228. The zero-order valence-electron chi connectivity index (χ0n) is 11.0. The molecular weight excluding hydrogens is 431 g/mol. The van der Waals surface area contributed by atoms with E-state index in [2.05, 4.69) is 37.2 Å². The molecule has 2 rings (SSSR count). The molecule has 1 N–H and O–H groups in total. The fourth-order valence-electron chi connectivity index (χ4n) is 2.11. The SMILES string of the molecule is CCNC(c1cscc1Br)c1ccc(Br)cc1C(F)(F)F. The summed E-state index contributed by atoms with van der Waals surface area (Å²) in [4.78, 5) is 0. The molecule has 21 heavy (non-hydrogen) atoms. The van der Waals surface area contributed by atoms with Gasteiger partial charge in [0.05, 0.1) is 11.6 Å². The maximum Gasteiger partial charge on any atom is 0.416 e. The van der Waals surface area contributed by atoms with Crippen LogP contribution in [0.2, 0.25) is 0 Å². The Morgan fingerprint density at radius 2 is 1.90 bits per heavy atom. The third-order valence-electron chi connectivity index (χ3n) is 2.99. The summed E-state index contributed by atoms with van der Waals surface area (Å²) in [5, 5.41) is 6.86. The number of hydrogen-bond donors (Lipinski definition) is 1. The summed E-state index contributed by atoms with van der Waals surface area (Å²) in [5.74, 6) is 0. The summed E-state index contributed by atoms with van der Waals surface area (Å²) >= 11 is 7.97. The lowest BCUT2D eigenvalue weighted by Crippen LogP contribution is -2.25. The van der Waals surface area contributed by atoms with Crippen LogP contribution in [0, 0.1) is 0 Å². The molecule has 1 unspecified atom stereocenters. The zero-order chi connectivity index (χ0) is 15.6. The molecule has 0 aliphatic rings. The Balaban J connectivity index is 2.58. The van der Waals surface area contributed by atoms with Gasteiger partial charge < -0.3 is 5.32 Å². The molecule has 1 heterocycles. The first-order valence-electron chi connectivity index (χ1n) is 6.16. The predicted octanol–water partition coefficient (Wildman–Crippen LogP) is 5.99. The van der Waals surface area contributed by atoms with Crippen molar-refractivity contribution in [2.75, 3.05) is 6.54 Å². The number of rotatable bonds is 4. The van der Waals surface area contributed by atoms with E-state index in [1.807, 2.05) is 17.7 Å². The van der Waals surface area contributed by atoms with E-state index in [4.69, 9.17) is 0 Å². The second kappa shape index (κ2) is 6.81. The van der Waals surface area contributed by atoms with Crippen LogP contribution < -0.4 is 5.32 Å². The van der Waals surface area contributed by atoms with Crippen molar-refractivity contribution in [2.45, 2.75) is 19.1 Å². The third-order valence-corrected chi connectivity index (χ3v) is 5.24. The van der Waals surface area contributed by atoms with Crippen LogP contribution in [0.4, 0.5) is 13.2 Å². The highest BCUT2D eigenvalue weighted by Gasteiger charge is 2.36. The predicted molar refractivity (Wildman–Crippen MR) is 86.7 cm³/mol. The number of hydrogen-bond acceptors (Lipinski definition) is 2. The Labute approximate surface area is 141 Å². The highest BCUT2D eigenvalue weighted by atomic mass is 79.9. The van der Waals surface area contributed by atoms with Crippen molar-refractivity contribution in [3.8, 4) is 0 Å². The van der Waals surface area contributed by atoms with Crippen LogP contribution in [-0.4, -0.2) is 6.54 Å². The van der Waals surface area contributed by atoms with Crippen molar-refractivity contribution in [3.63, 3.8) is 0 Å². The summed E-state index contributed by atoms with van der Waals surface area (Å²) in [6, 6.07) is 3.78. The largest absolute Gasteiger partial charge is 0.416 e. The fourth-order valence-corrected chi connectivity index (χ4v) is 4.03. The average molecular weight is 443 g/mol. The summed E-state index contributed by atoms with van der Waals surface area (Å²) in [5.41, 5.74) is 0.419. The van der Waals surface area contributed by atoms with Crippen molar-refractivity contribution in [3.05, 3.63) is 54.6 Å². The van der Waals surface area contributed by atoms with Gasteiger partial charge in [-0.3, -0.25) is 0 Å². The van der Waals surface area contributed by atoms with Gasteiger partial charge in [-0.05, 0) is 51.1 Å². The Morgan fingerprint density at radius 1 is 1.19 bits per heavy atom. The average Bonchev–Trinajstić information content (AvgIpc) is 2.81. The topological polar surface area (TPSA) is 12.0 Å². The van der Waals surface area contributed by atoms with Crippen LogP contribution in [0.3, 0.4) is 0 Å². The van der Waals surface area contributed by atoms with Crippen molar-refractivity contribution in [1.29, 1.82) is 0 Å². The molecule has 1 nitrogen and oxygen atoms in total. The Bertz CT molecular complexity index is 625. The van der Waals surface area contributed by atoms with Gasteiger partial charge in [0.15, 0.2) is 0 Å².